The van der Waals surface area contributed by atoms with E-state index in [1.165, 1.54) is 18.0 Å². The topological polar surface area (TPSA) is 70.1 Å². The first-order valence-corrected chi connectivity index (χ1v) is 5.66. The standard InChI is InChI=1S/C11H9Cl2N3O2/c1-18-11(17)9-10(14)16(5-15-9)8-3-6(12)2-7(13)4-8/h2-5H,14H2,1H3. The van der Waals surface area contributed by atoms with Gasteiger partial charge < -0.3 is 10.5 Å². The lowest BCUT2D eigenvalue weighted by atomic mass is 10.3. The first-order chi connectivity index (χ1) is 8.52. The molecule has 0 atom stereocenters. The first kappa shape index (κ1) is 12.7. The van der Waals surface area contributed by atoms with Crippen molar-refractivity contribution in [2.24, 2.45) is 0 Å². The molecule has 0 spiro atoms. The van der Waals surface area contributed by atoms with Crippen molar-refractivity contribution in [3.05, 3.63) is 40.3 Å². The van der Waals surface area contributed by atoms with Gasteiger partial charge in [-0.15, -0.1) is 0 Å². The van der Waals surface area contributed by atoms with Crippen LogP contribution in [0.5, 0.6) is 0 Å². The van der Waals surface area contributed by atoms with E-state index >= 15 is 0 Å². The Morgan fingerprint density at radius 3 is 2.50 bits per heavy atom. The van der Waals surface area contributed by atoms with Crippen molar-refractivity contribution in [3.63, 3.8) is 0 Å². The molecule has 94 valence electrons. The van der Waals surface area contributed by atoms with Gasteiger partial charge >= 0.3 is 5.97 Å². The Morgan fingerprint density at radius 1 is 1.33 bits per heavy atom. The fourth-order valence-corrected chi connectivity index (χ4v) is 2.01. The Hall–Kier alpha value is -1.72. The summed E-state index contributed by atoms with van der Waals surface area (Å²) in [6, 6.07) is 4.92. The largest absolute Gasteiger partial charge is 0.464 e. The van der Waals surface area contributed by atoms with E-state index in [-0.39, 0.29) is 11.5 Å². The van der Waals surface area contributed by atoms with Gasteiger partial charge in [-0.2, -0.15) is 0 Å². The molecule has 18 heavy (non-hydrogen) atoms. The van der Waals surface area contributed by atoms with Gasteiger partial charge in [0.1, 0.15) is 12.1 Å². The highest BCUT2D eigenvalue weighted by Gasteiger charge is 2.17. The number of rotatable bonds is 2. The molecular formula is C11H9Cl2N3O2. The zero-order chi connectivity index (χ0) is 13.3. The van der Waals surface area contributed by atoms with E-state index in [1.807, 2.05) is 0 Å². The van der Waals surface area contributed by atoms with Crippen LogP contribution in [0.1, 0.15) is 10.5 Å². The summed E-state index contributed by atoms with van der Waals surface area (Å²) < 4.78 is 6.07. The van der Waals surface area contributed by atoms with Crippen LogP contribution in [0.15, 0.2) is 24.5 Å². The van der Waals surface area contributed by atoms with Crippen LogP contribution in [-0.4, -0.2) is 22.6 Å². The van der Waals surface area contributed by atoms with Crippen LogP contribution in [0.4, 0.5) is 5.82 Å². The second-order valence-corrected chi connectivity index (χ2v) is 4.34. The normalized spacial score (nSPS) is 10.4. The number of benzene rings is 1. The van der Waals surface area contributed by atoms with Gasteiger partial charge in [-0.05, 0) is 18.2 Å². The van der Waals surface area contributed by atoms with E-state index in [0.717, 1.165) is 0 Å². The molecule has 0 bridgehead atoms. The van der Waals surface area contributed by atoms with Crippen molar-refractivity contribution in [2.75, 3.05) is 12.8 Å². The third-order valence-corrected chi connectivity index (χ3v) is 2.75. The van der Waals surface area contributed by atoms with Gasteiger partial charge in [-0.25, -0.2) is 9.78 Å². The SMILES string of the molecule is COC(=O)c1ncn(-c2cc(Cl)cc(Cl)c2)c1N. The lowest BCUT2D eigenvalue weighted by molar-refractivity contribution is 0.0596. The maximum Gasteiger partial charge on any atom is 0.360 e. The zero-order valence-corrected chi connectivity index (χ0v) is 10.9. The van der Waals surface area contributed by atoms with Gasteiger partial charge in [-0.3, -0.25) is 4.57 Å². The van der Waals surface area contributed by atoms with Crippen molar-refractivity contribution in [1.82, 2.24) is 9.55 Å². The molecule has 0 aliphatic carbocycles. The summed E-state index contributed by atoms with van der Waals surface area (Å²) in [7, 11) is 1.26. The summed E-state index contributed by atoms with van der Waals surface area (Å²) in [5.41, 5.74) is 6.49. The number of anilines is 1. The molecule has 2 N–H and O–H groups in total. The summed E-state index contributed by atoms with van der Waals surface area (Å²) in [6.45, 7) is 0. The number of hydrogen-bond donors (Lipinski definition) is 1. The van der Waals surface area contributed by atoms with Gasteiger partial charge in [0, 0.05) is 10.0 Å². The molecule has 1 aromatic carbocycles. The number of aromatic nitrogens is 2. The van der Waals surface area contributed by atoms with E-state index in [0.29, 0.717) is 15.7 Å². The van der Waals surface area contributed by atoms with Crippen LogP contribution < -0.4 is 5.73 Å². The van der Waals surface area contributed by atoms with Crippen LogP contribution in [0.2, 0.25) is 10.0 Å². The van der Waals surface area contributed by atoms with E-state index in [2.05, 4.69) is 9.72 Å². The van der Waals surface area contributed by atoms with Crippen molar-refractivity contribution < 1.29 is 9.53 Å². The zero-order valence-electron chi connectivity index (χ0n) is 9.35. The molecule has 0 aliphatic heterocycles. The smallest absolute Gasteiger partial charge is 0.360 e. The predicted octanol–water partition coefficient (Wildman–Crippen LogP) is 2.55. The highest BCUT2D eigenvalue weighted by molar-refractivity contribution is 6.34. The van der Waals surface area contributed by atoms with Crippen molar-refractivity contribution >= 4 is 35.0 Å². The molecule has 0 saturated carbocycles. The van der Waals surface area contributed by atoms with Gasteiger partial charge in [0.15, 0.2) is 5.69 Å². The number of imidazole rings is 1. The van der Waals surface area contributed by atoms with Gasteiger partial charge in [0.25, 0.3) is 0 Å². The molecule has 0 radical (unpaired) electrons. The summed E-state index contributed by atoms with van der Waals surface area (Å²) in [5, 5.41) is 0.926. The number of ether oxygens (including phenoxy) is 1. The summed E-state index contributed by atoms with van der Waals surface area (Å²) in [4.78, 5) is 15.3. The van der Waals surface area contributed by atoms with Crippen molar-refractivity contribution in [3.8, 4) is 5.69 Å². The highest BCUT2D eigenvalue weighted by Crippen LogP contribution is 2.24. The third kappa shape index (κ3) is 2.27. The number of nitrogens with zero attached hydrogens (tertiary/aromatic N) is 2. The number of esters is 1. The average molecular weight is 286 g/mol. The van der Waals surface area contributed by atoms with Gasteiger partial charge in [0.2, 0.25) is 0 Å². The Kier molecular flexibility index (Phi) is 3.45. The molecule has 0 aliphatic rings. The molecule has 0 saturated heterocycles. The van der Waals surface area contributed by atoms with E-state index < -0.39 is 5.97 Å². The lowest BCUT2D eigenvalue weighted by Gasteiger charge is -2.06. The fraction of sp³-hybridized carbons (Fsp3) is 0.0909. The Balaban J connectivity index is 2.52. The maximum absolute atomic E-state index is 11.4. The molecule has 7 heteroatoms. The summed E-state index contributed by atoms with van der Waals surface area (Å²) in [6.07, 6.45) is 1.41. The monoisotopic (exact) mass is 285 g/mol. The van der Waals surface area contributed by atoms with Crippen LogP contribution in [0, 0.1) is 0 Å². The van der Waals surface area contributed by atoms with Crippen LogP contribution in [0.3, 0.4) is 0 Å². The second kappa shape index (κ2) is 4.88. The average Bonchev–Trinajstić information content (AvgIpc) is 2.69. The van der Waals surface area contributed by atoms with E-state index in [1.54, 1.807) is 18.2 Å². The molecule has 1 heterocycles. The molecule has 2 aromatic rings. The number of methoxy groups -OCH3 is 1. The number of carbonyl (C=O) groups is 1. The van der Waals surface area contributed by atoms with Gasteiger partial charge in [-0.1, -0.05) is 23.2 Å². The quantitative estimate of drug-likeness (QED) is 0.861. The van der Waals surface area contributed by atoms with Crippen LogP contribution in [-0.2, 0) is 4.74 Å². The number of hydrogen-bond acceptors (Lipinski definition) is 4. The minimum Gasteiger partial charge on any atom is -0.464 e. The Bertz CT molecular complexity index is 590. The van der Waals surface area contributed by atoms with E-state index in [4.69, 9.17) is 28.9 Å². The lowest BCUT2D eigenvalue weighted by Crippen LogP contribution is -2.07. The summed E-state index contributed by atoms with van der Waals surface area (Å²) >= 11 is 11.8. The maximum atomic E-state index is 11.4. The fourth-order valence-electron chi connectivity index (χ4n) is 1.50. The van der Waals surface area contributed by atoms with Crippen molar-refractivity contribution in [1.29, 1.82) is 0 Å². The molecule has 0 unspecified atom stereocenters. The minimum absolute atomic E-state index is 0.0496. The number of nitrogens with two attached hydrogens (primary N) is 1. The predicted molar refractivity (Wildman–Crippen MR) is 69.3 cm³/mol. The molecule has 0 fully saturated rings. The van der Waals surface area contributed by atoms with Crippen LogP contribution >= 0.6 is 23.2 Å². The molecule has 0 amide bonds. The first-order valence-electron chi connectivity index (χ1n) is 4.90. The number of nitrogen functional groups attached to an aromatic ring is 1. The molecule has 5 nitrogen and oxygen atoms in total. The van der Waals surface area contributed by atoms with Crippen LogP contribution in [0.25, 0.3) is 5.69 Å². The van der Waals surface area contributed by atoms with Gasteiger partial charge in [0.05, 0.1) is 12.8 Å². The molecular weight excluding hydrogens is 277 g/mol. The molecule has 1 aromatic heterocycles. The highest BCUT2D eigenvalue weighted by atomic mass is 35.5. The molecule has 2 rings (SSSR count). The third-order valence-electron chi connectivity index (χ3n) is 2.31. The number of halogens is 2. The summed E-state index contributed by atoms with van der Waals surface area (Å²) in [5.74, 6) is -0.431. The van der Waals surface area contributed by atoms with E-state index in [9.17, 15) is 4.79 Å². The second-order valence-electron chi connectivity index (χ2n) is 3.47. The Morgan fingerprint density at radius 2 is 1.94 bits per heavy atom. The Labute approximate surface area is 113 Å². The minimum atomic E-state index is -0.598. The van der Waals surface area contributed by atoms with Crippen molar-refractivity contribution in [2.45, 2.75) is 0 Å². The number of carbonyl (C=O) groups excluding carboxylic acids is 1.